The summed E-state index contributed by atoms with van der Waals surface area (Å²) in [4.78, 5) is 19.3. The summed E-state index contributed by atoms with van der Waals surface area (Å²) in [5.74, 6) is -1.97. The van der Waals surface area contributed by atoms with Crippen LogP contribution in [-0.2, 0) is 12.7 Å². The largest absolute Gasteiger partial charge is 0.416 e. The van der Waals surface area contributed by atoms with Crippen molar-refractivity contribution < 1.29 is 22.4 Å². The number of amides is 1. The monoisotopic (exact) mass is 299 g/mol. The minimum Gasteiger partial charge on any atom is -0.346 e. The molecule has 1 heterocycles. The number of halogens is 4. The first-order valence-corrected chi connectivity index (χ1v) is 5.78. The van der Waals surface area contributed by atoms with Gasteiger partial charge in [-0.05, 0) is 24.3 Å². The number of benzene rings is 1. The van der Waals surface area contributed by atoms with E-state index in [0.717, 1.165) is 0 Å². The molecule has 4 nitrogen and oxygen atoms in total. The molecule has 0 saturated heterocycles. The highest BCUT2D eigenvalue weighted by Gasteiger charge is 2.31. The molecule has 0 bridgehead atoms. The van der Waals surface area contributed by atoms with Gasteiger partial charge in [-0.1, -0.05) is 0 Å². The Kier molecular flexibility index (Phi) is 4.15. The minimum absolute atomic E-state index is 0.0446. The number of aromatic nitrogens is 2. The fourth-order valence-corrected chi connectivity index (χ4v) is 1.56. The first-order chi connectivity index (χ1) is 9.88. The smallest absolute Gasteiger partial charge is 0.346 e. The summed E-state index contributed by atoms with van der Waals surface area (Å²) >= 11 is 0. The summed E-state index contributed by atoms with van der Waals surface area (Å²) in [6, 6.07) is 3.19. The molecule has 0 spiro atoms. The second-order valence-electron chi connectivity index (χ2n) is 4.08. The van der Waals surface area contributed by atoms with E-state index < -0.39 is 29.0 Å². The molecule has 0 fully saturated rings. The Bertz CT molecular complexity index is 644. The molecular formula is C13H9F4N3O. The van der Waals surface area contributed by atoms with Crippen molar-refractivity contribution in [3.05, 3.63) is 59.4 Å². The lowest BCUT2D eigenvalue weighted by molar-refractivity contribution is -0.137. The summed E-state index contributed by atoms with van der Waals surface area (Å²) in [7, 11) is 0. The molecule has 0 aliphatic carbocycles. The molecule has 0 saturated carbocycles. The Balaban J connectivity index is 2.15. The lowest BCUT2D eigenvalue weighted by atomic mass is 10.1. The SMILES string of the molecule is O=C(NCc1ccncn1)c1cc(C(F)(F)F)ccc1F. The molecule has 1 aromatic carbocycles. The van der Waals surface area contributed by atoms with E-state index in [1.807, 2.05) is 0 Å². The van der Waals surface area contributed by atoms with Crippen molar-refractivity contribution in [3.63, 3.8) is 0 Å². The van der Waals surface area contributed by atoms with E-state index >= 15 is 0 Å². The van der Waals surface area contributed by atoms with Crippen LogP contribution >= 0.6 is 0 Å². The van der Waals surface area contributed by atoms with Gasteiger partial charge in [0.05, 0.1) is 23.4 Å². The Morgan fingerprint density at radius 2 is 2.00 bits per heavy atom. The van der Waals surface area contributed by atoms with Gasteiger partial charge in [0, 0.05) is 6.20 Å². The maximum Gasteiger partial charge on any atom is 0.416 e. The van der Waals surface area contributed by atoms with Crippen LogP contribution in [0.15, 0.2) is 36.8 Å². The highest BCUT2D eigenvalue weighted by atomic mass is 19.4. The van der Waals surface area contributed by atoms with Crippen molar-refractivity contribution >= 4 is 5.91 Å². The van der Waals surface area contributed by atoms with Gasteiger partial charge in [0.15, 0.2) is 0 Å². The third-order valence-electron chi connectivity index (χ3n) is 2.61. The lowest BCUT2D eigenvalue weighted by Crippen LogP contribution is -2.25. The highest BCUT2D eigenvalue weighted by Crippen LogP contribution is 2.30. The Morgan fingerprint density at radius 1 is 1.24 bits per heavy atom. The summed E-state index contributed by atoms with van der Waals surface area (Å²) < 4.78 is 51.1. The predicted octanol–water partition coefficient (Wildman–Crippen LogP) is 2.56. The zero-order chi connectivity index (χ0) is 15.5. The van der Waals surface area contributed by atoms with Crippen LogP contribution in [0.4, 0.5) is 17.6 Å². The number of nitrogens with one attached hydrogen (secondary N) is 1. The molecule has 0 radical (unpaired) electrons. The molecule has 2 rings (SSSR count). The Hall–Kier alpha value is -2.51. The van der Waals surface area contributed by atoms with Crippen molar-refractivity contribution in [1.29, 1.82) is 0 Å². The van der Waals surface area contributed by atoms with Crippen molar-refractivity contribution in [2.75, 3.05) is 0 Å². The fourth-order valence-electron chi connectivity index (χ4n) is 1.56. The molecule has 0 aliphatic rings. The van der Waals surface area contributed by atoms with E-state index in [2.05, 4.69) is 15.3 Å². The molecule has 1 amide bonds. The van der Waals surface area contributed by atoms with E-state index in [-0.39, 0.29) is 6.54 Å². The normalized spacial score (nSPS) is 11.2. The quantitative estimate of drug-likeness (QED) is 0.886. The van der Waals surface area contributed by atoms with Gasteiger partial charge >= 0.3 is 6.18 Å². The van der Waals surface area contributed by atoms with Gasteiger partial charge in [-0.3, -0.25) is 4.79 Å². The van der Waals surface area contributed by atoms with Crippen molar-refractivity contribution in [1.82, 2.24) is 15.3 Å². The van der Waals surface area contributed by atoms with Gasteiger partial charge in [-0.25, -0.2) is 14.4 Å². The standard InChI is InChI=1S/C13H9F4N3O/c14-11-2-1-8(13(15,16)17)5-10(11)12(21)19-6-9-3-4-18-7-20-9/h1-5,7H,6H2,(H,19,21). The maximum absolute atomic E-state index is 13.5. The van der Waals surface area contributed by atoms with Gasteiger partial charge in [0.2, 0.25) is 0 Å². The van der Waals surface area contributed by atoms with Gasteiger partial charge in [0.25, 0.3) is 5.91 Å². The van der Waals surface area contributed by atoms with Crippen molar-refractivity contribution in [2.24, 2.45) is 0 Å². The van der Waals surface area contributed by atoms with Crippen molar-refractivity contribution in [2.45, 2.75) is 12.7 Å². The van der Waals surface area contributed by atoms with Crippen LogP contribution in [0, 0.1) is 5.82 Å². The molecule has 0 aliphatic heterocycles. The third-order valence-corrected chi connectivity index (χ3v) is 2.61. The fraction of sp³-hybridized carbons (Fsp3) is 0.154. The summed E-state index contributed by atoms with van der Waals surface area (Å²) in [5, 5.41) is 2.30. The van der Waals surface area contributed by atoms with Crippen LogP contribution in [0.25, 0.3) is 0 Å². The summed E-state index contributed by atoms with van der Waals surface area (Å²) in [5.41, 5.74) is -1.30. The molecule has 110 valence electrons. The minimum atomic E-state index is -4.64. The van der Waals surface area contributed by atoms with Crippen LogP contribution in [0.3, 0.4) is 0 Å². The molecule has 21 heavy (non-hydrogen) atoms. The van der Waals surface area contributed by atoms with Crippen LogP contribution in [0.2, 0.25) is 0 Å². The molecule has 1 N–H and O–H groups in total. The third kappa shape index (κ3) is 3.74. The van der Waals surface area contributed by atoms with Crippen LogP contribution < -0.4 is 5.32 Å². The van der Waals surface area contributed by atoms with E-state index in [1.54, 1.807) is 0 Å². The van der Waals surface area contributed by atoms with Crippen LogP contribution in [0.5, 0.6) is 0 Å². The molecule has 2 aromatic rings. The molecular weight excluding hydrogens is 290 g/mol. The van der Waals surface area contributed by atoms with Crippen LogP contribution in [0.1, 0.15) is 21.6 Å². The van der Waals surface area contributed by atoms with Gasteiger partial charge in [-0.15, -0.1) is 0 Å². The summed E-state index contributed by atoms with van der Waals surface area (Å²) in [6.45, 7) is -0.0446. The highest BCUT2D eigenvalue weighted by molar-refractivity contribution is 5.94. The Morgan fingerprint density at radius 3 is 2.62 bits per heavy atom. The predicted molar refractivity (Wildman–Crippen MR) is 64.6 cm³/mol. The number of rotatable bonds is 3. The number of carbonyl (C=O) groups is 1. The molecule has 0 atom stereocenters. The number of nitrogens with zero attached hydrogens (tertiary/aromatic N) is 2. The van der Waals surface area contributed by atoms with E-state index in [9.17, 15) is 22.4 Å². The molecule has 8 heteroatoms. The maximum atomic E-state index is 13.5. The Labute approximate surface area is 116 Å². The zero-order valence-corrected chi connectivity index (χ0v) is 10.5. The summed E-state index contributed by atoms with van der Waals surface area (Å²) in [6.07, 6.45) is -1.94. The van der Waals surface area contributed by atoms with Gasteiger partial charge in [0.1, 0.15) is 12.1 Å². The average Bonchev–Trinajstić information content (AvgIpc) is 2.45. The first-order valence-electron chi connectivity index (χ1n) is 5.78. The van der Waals surface area contributed by atoms with Gasteiger partial charge in [-0.2, -0.15) is 13.2 Å². The second-order valence-corrected chi connectivity index (χ2v) is 4.08. The lowest BCUT2D eigenvalue weighted by Gasteiger charge is -2.10. The van der Waals surface area contributed by atoms with Crippen LogP contribution in [-0.4, -0.2) is 15.9 Å². The van der Waals surface area contributed by atoms with Crippen molar-refractivity contribution in [3.8, 4) is 0 Å². The first kappa shape index (κ1) is 14.9. The molecule has 1 aromatic heterocycles. The number of hydrogen-bond donors (Lipinski definition) is 1. The van der Waals surface area contributed by atoms with E-state index in [0.29, 0.717) is 23.9 Å². The van der Waals surface area contributed by atoms with E-state index in [1.165, 1.54) is 18.6 Å². The average molecular weight is 299 g/mol. The second kappa shape index (κ2) is 5.86. The zero-order valence-electron chi connectivity index (χ0n) is 10.5. The topological polar surface area (TPSA) is 54.9 Å². The van der Waals surface area contributed by atoms with E-state index in [4.69, 9.17) is 0 Å². The number of hydrogen-bond acceptors (Lipinski definition) is 3. The number of carbonyl (C=O) groups excluding carboxylic acids is 1. The van der Waals surface area contributed by atoms with Gasteiger partial charge < -0.3 is 5.32 Å². The molecule has 0 unspecified atom stereocenters. The number of alkyl halides is 3.